The van der Waals surface area contributed by atoms with E-state index in [9.17, 15) is 14.3 Å². The molecule has 0 spiro atoms. The van der Waals surface area contributed by atoms with Gasteiger partial charge in [0.1, 0.15) is 5.82 Å². The average Bonchev–Trinajstić information content (AvgIpc) is 2.21. The second-order valence-corrected chi connectivity index (χ2v) is 6.11. The van der Waals surface area contributed by atoms with Gasteiger partial charge in [0.25, 0.3) is 0 Å². The van der Waals surface area contributed by atoms with Gasteiger partial charge in [-0.05, 0) is 46.3 Å². The Morgan fingerprint density at radius 2 is 2.06 bits per heavy atom. The Morgan fingerprint density at radius 1 is 1.44 bits per heavy atom. The molecule has 0 saturated heterocycles. The second-order valence-electron chi connectivity index (χ2n) is 5.26. The van der Waals surface area contributed by atoms with E-state index in [4.69, 9.17) is 0 Å². The molecule has 0 bridgehead atoms. The molecule has 1 fully saturated rings. The summed E-state index contributed by atoms with van der Waals surface area (Å²) in [5.41, 5.74) is 0.280. The molecule has 2 nitrogen and oxygen atoms in total. The zero-order chi connectivity index (χ0) is 13.5. The lowest BCUT2D eigenvalue weighted by Gasteiger charge is -2.38. The molecule has 0 atom stereocenters. The molecule has 1 aromatic carbocycles. The average molecular weight is 315 g/mol. The van der Waals surface area contributed by atoms with Gasteiger partial charge < -0.3 is 5.11 Å². The molecule has 98 valence electrons. The minimum atomic E-state index is -1.02. The van der Waals surface area contributed by atoms with Crippen molar-refractivity contribution in [1.82, 2.24) is 0 Å². The molecule has 1 saturated carbocycles. The smallest absolute Gasteiger partial charge is 0.314 e. The Bertz CT molecular complexity index is 493. The predicted octanol–water partition coefficient (Wildman–Crippen LogP) is 4.22. The lowest BCUT2D eigenvalue weighted by Crippen LogP contribution is -2.43. The van der Waals surface area contributed by atoms with Gasteiger partial charge in [-0.15, -0.1) is 0 Å². The number of benzene rings is 1. The van der Waals surface area contributed by atoms with Crippen molar-refractivity contribution in [3.8, 4) is 0 Å². The van der Waals surface area contributed by atoms with E-state index in [0.717, 1.165) is 12.0 Å². The normalized spacial score (nSPS) is 17.6. The van der Waals surface area contributed by atoms with Gasteiger partial charge in [0.2, 0.25) is 0 Å². The molecule has 0 heterocycles. The van der Waals surface area contributed by atoms with E-state index < -0.39 is 17.2 Å². The van der Waals surface area contributed by atoms with Crippen LogP contribution in [0.3, 0.4) is 0 Å². The number of carboxylic acids is 1. The summed E-state index contributed by atoms with van der Waals surface area (Å²) < 4.78 is 14.6. The lowest BCUT2D eigenvalue weighted by atomic mass is 9.64. The highest BCUT2D eigenvalue weighted by Crippen LogP contribution is 2.46. The Kier molecular flexibility index (Phi) is 3.49. The quantitative estimate of drug-likeness (QED) is 0.907. The number of rotatable bonds is 3. The van der Waals surface area contributed by atoms with E-state index in [1.807, 2.05) is 13.8 Å². The maximum absolute atomic E-state index is 14.2. The Morgan fingerprint density at radius 3 is 2.44 bits per heavy atom. The van der Waals surface area contributed by atoms with Gasteiger partial charge in [-0.3, -0.25) is 4.79 Å². The molecule has 1 aliphatic rings. The third kappa shape index (κ3) is 1.96. The van der Waals surface area contributed by atoms with Crippen LogP contribution in [0.1, 0.15) is 50.2 Å². The third-order valence-corrected chi connectivity index (χ3v) is 4.43. The minimum absolute atomic E-state index is 0.242. The van der Waals surface area contributed by atoms with Gasteiger partial charge in [0.15, 0.2) is 0 Å². The van der Waals surface area contributed by atoms with Gasteiger partial charge in [0.05, 0.1) is 9.89 Å². The fraction of sp³-hybridized carbons (Fsp3) is 0.500. The van der Waals surface area contributed by atoms with Crippen LogP contribution in [-0.4, -0.2) is 11.1 Å². The summed E-state index contributed by atoms with van der Waals surface area (Å²) in [4.78, 5) is 11.5. The molecule has 1 aromatic rings. The van der Waals surface area contributed by atoms with E-state index in [1.54, 1.807) is 12.1 Å². The summed E-state index contributed by atoms with van der Waals surface area (Å²) >= 11 is 3.19. The first-order chi connectivity index (χ1) is 8.38. The second kappa shape index (κ2) is 4.65. The van der Waals surface area contributed by atoms with E-state index in [1.165, 1.54) is 0 Å². The SMILES string of the molecule is CC(C)c1cc(Br)c(F)c(C2(C(=O)O)CCC2)c1. The first-order valence-corrected chi connectivity index (χ1v) is 6.90. The van der Waals surface area contributed by atoms with Gasteiger partial charge >= 0.3 is 5.97 Å². The summed E-state index contributed by atoms with van der Waals surface area (Å²) in [6, 6.07) is 3.45. The Hall–Kier alpha value is -0.900. The van der Waals surface area contributed by atoms with E-state index in [-0.39, 0.29) is 5.92 Å². The third-order valence-electron chi connectivity index (χ3n) is 3.85. The van der Waals surface area contributed by atoms with Gasteiger partial charge in [-0.1, -0.05) is 26.3 Å². The summed E-state index contributed by atoms with van der Waals surface area (Å²) in [5.74, 6) is -1.10. The highest BCUT2D eigenvalue weighted by atomic mass is 79.9. The summed E-state index contributed by atoms with van der Waals surface area (Å²) in [6.07, 6.45) is 1.88. The zero-order valence-electron chi connectivity index (χ0n) is 10.5. The van der Waals surface area contributed by atoms with Crippen LogP contribution >= 0.6 is 15.9 Å². The number of halogens is 2. The lowest BCUT2D eigenvalue weighted by molar-refractivity contribution is -0.147. The van der Waals surface area contributed by atoms with Crippen LogP contribution in [0, 0.1) is 5.82 Å². The molecule has 2 rings (SSSR count). The molecule has 1 aliphatic carbocycles. The van der Waals surface area contributed by atoms with Crippen molar-refractivity contribution in [3.05, 3.63) is 33.5 Å². The largest absolute Gasteiger partial charge is 0.481 e. The molecule has 18 heavy (non-hydrogen) atoms. The van der Waals surface area contributed by atoms with E-state index in [2.05, 4.69) is 15.9 Å². The predicted molar refractivity (Wildman–Crippen MR) is 71.4 cm³/mol. The Labute approximate surface area is 114 Å². The summed E-state index contributed by atoms with van der Waals surface area (Å²) in [7, 11) is 0. The molecule has 4 heteroatoms. The highest BCUT2D eigenvalue weighted by Gasteiger charge is 2.48. The Balaban J connectivity index is 2.59. The van der Waals surface area contributed by atoms with Gasteiger partial charge in [-0.25, -0.2) is 4.39 Å². The van der Waals surface area contributed by atoms with Crippen LogP contribution in [0.25, 0.3) is 0 Å². The van der Waals surface area contributed by atoms with E-state index >= 15 is 0 Å². The fourth-order valence-electron chi connectivity index (χ4n) is 2.42. The molecular weight excluding hydrogens is 299 g/mol. The van der Waals surface area contributed by atoms with Crippen molar-refractivity contribution in [2.45, 2.75) is 44.4 Å². The van der Waals surface area contributed by atoms with Crippen molar-refractivity contribution in [2.24, 2.45) is 0 Å². The zero-order valence-corrected chi connectivity index (χ0v) is 12.1. The first-order valence-electron chi connectivity index (χ1n) is 6.11. The van der Waals surface area contributed by atoms with Crippen molar-refractivity contribution < 1.29 is 14.3 Å². The molecule has 0 aliphatic heterocycles. The standard InChI is InChI=1S/C14H16BrFO2/c1-8(2)9-6-10(12(16)11(15)7-9)14(13(17)18)4-3-5-14/h6-8H,3-5H2,1-2H3,(H,17,18). The highest BCUT2D eigenvalue weighted by molar-refractivity contribution is 9.10. The van der Waals surface area contributed by atoms with Crippen molar-refractivity contribution in [3.63, 3.8) is 0 Å². The van der Waals surface area contributed by atoms with Crippen molar-refractivity contribution in [2.75, 3.05) is 0 Å². The molecule has 0 aromatic heterocycles. The maximum atomic E-state index is 14.2. The monoisotopic (exact) mass is 314 g/mol. The van der Waals surface area contributed by atoms with Crippen LogP contribution in [0.2, 0.25) is 0 Å². The van der Waals surface area contributed by atoms with Crippen LogP contribution in [-0.2, 0) is 10.2 Å². The van der Waals surface area contributed by atoms with Crippen LogP contribution in [0.5, 0.6) is 0 Å². The van der Waals surface area contributed by atoms with E-state index in [0.29, 0.717) is 22.9 Å². The molecule has 0 radical (unpaired) electrons. The number of hydrogen-bond donors (Lipinski definition) is 1. The molecule has 1 N–H and O–H groups in total. The summed E-state index contributed by atoms with van der Waals surface area (Å²) in [6.45, 7) is 4.02. The number of hydrogen-bond acceptors (Lipinski definition) is 1. The number of aliphatic carboxylic acids is 1. The molecular formula is C14H16BrFO2. The minimum Gasteiger partial charge on any atom is -0.481 e. The van der Waals surface area contributed by atoms with Crippen molar-refractivity contribution in [1.29, 1.82) is 0 Å². The van der Waals surface area contributed by atoms with Crippen LogP contribution < -0.4 is 0 Å². The number of carbonyl (C=O) groups is 1. The topological polar surface area (TPSA) is 37.3 Å². The number of carboxylic acid groups (broad SMARTS) is 1. The van der Waals surface area contributed by atoms with Crippen molar-refractivity contribution >= 4 is 21.9 Å². The molecule has 0 unspecified atom stereocenters. The van der Waals surface area contributed by atoms with Crippen LogP contribution in [0.15, 0.2) is 16.6 Å². The van der Waals surface area contributed by atoms with Gasteiger partial charge in [-0.2, -0.15) is 0 Å². The maximum Gasteiger partial charge on any atom is 0.314 e. The van der Waals surface area contributed by atoms with Crippen LogP contribution in [0.4, 0.5) is 4.39 Å². The van der Waals surface area contributed by atoms with Gasteiger partial charge in [0, 0.05) is 5.56 Å². The fourth-order valence-corrected chi connectivity index (χ4v) is 2.90. The molecule has 0 amide bonds. The first kappa shape index (κ1) is 13.5. The summed E-state index contributed by atoms with van der Waals surface area (Å²) in [5, 5.41) is 9.40.